The van der Waals surface area contributed by atoms with Crippen molar-refractivity contribution in [2.45, 2.75) is 70.8 Å². The van der Waals surface area contributed by atoms with Gasteiger partial charge in [-0.1, -0.05) is 62.1 Å². The molecule has 1 aromatic carbocycles. The zero-order valence-corrected chi connectivity index (χ0v) is 18.8. The molecular weight excluding hydrogens is 400 g/mol. The normalized spacial score (nSPS) is 17.7. The molecule has 156 valence electrons. The van der Waals surface area contributed by atoms with E-state index in [0.29, 0.717) is 5.92 Å². The smallest absolute Gasteiger partial charge is 0.160 e. The molecule has 2 aromatic rings. The molecule has 2 atom stereocenters. The molecule has 1 N–H and O–H groups in total. The van der Waals surface area contributed by atoms with Gasteiger partial charge in [0.05, 0.1) is 11.0 Å². The molecule has 0 spiro atoms. The van der Waals surface area contributed by atoms with Crippen molar-refractivity contribution in [2.24, 2.45) is 5.92 Å². The van der Waals surface area contributed by atoms with Crippen LogP contribution < -0.4 is 0 Å². The van der Waals surface area contributed by atoms with Gasteiger partial charge in [-0.15, -0.1) is 11.3 Å². The standard InChI is InChI=1S/C25H31ClO2S/c1-2-3-4-8-24(28)18-9-11-20(12-10-18)25-19(13-16-23(25)26)6-5-7-21-14-15-22(17-27)29-21/h9-12,14-15,17,19,24,28H,2-8,13,16H2,1H3/t19-,24?/m0/s1. The Morgan fingerprint density at radius 1 is 1.17 bits per heavy atom. The molecule has 0 amide bonds. The summed E-state index contributed by atoms with van der Waals surface area (Å²) in [6.07, 6.45) is 10.1. The lowest BCUT2D eigenvalue weighted by atomic mass is 9.89. The molecule has 4 heteroatoms. The summed E-state index contributed by atoms with van der Waals surface area (Å²) in [6.45, 7) is 2.18. The summed E-state index contributed by atoms with van der Waals surface area (Å²) >= 11 is 8.20. The van der Waals surface area contributed by atoms with Gasteiger partial charge in [0.1, 0.15) is 0 Å². The van der Waals surface area contributed by atoms with E-state index in [1.165, 1.54) is 28.9 Å². The number of benzene rings is 1. The minimum atomic E-state index is -0.374. The van der Waals surface area contributed by atoms with Gasteiger partial charge in [0.15, 0.2) is 6.29 Å². The fraction of sp³-hybridized carbons (Fsp3) is 0.480. The van der Waals surface area contributed by atoms with Crippen LogP contribution in [-0.4, -0.2) is 11.4 Å². The first-order chi connectivity index (χ1) is 14.1. The number of unbranched alkanes of at least 4 members (excludes halogenated alkanes) is 2. The maximum absolute atomic E-state index is 10.8. The highest BCUT2D eigenvalue weighted by atomic mass is 35.5. The second-order valence-corrected chi connectivity index (χ2v) is 9.66. The van der Waals surface area contributed by atoms with E-state index in [-0.39, 0.29) is 6.10 Å². The lowest BCUT2D eigenvalue weighted by Gasteiger charge is -2.17. The van der Waals surface area contributed by atoms with Gasteiger partial charge in [-0.25, -0.2) is 0 Å². The first-order valence-corrected chi connectivity index (χ1v) is 12.0. The van der Waals surface area contributed by atoms with Crippen LogP contribution in [0, 0.1) is 5.92 Å². The molecule has 29 heavy (non-hydrogen) atoms. The Morgan fingerprint density at radius 3 is 2.66 bits per heavy atom. The van der Waals surface area contributed by atoms with Crippen molar-refractivity contribution >= 4 is 34.8 Å². The summed E-state index contributed by atoms with van der Waals surface area (Å²) in [6, 6.07) is 12.4. The lowest BCUT2D eigenvalue weighted by Crippen LogP contribution is -2.02. The number of carbonyl (C=O) groups excluding carboxylic acids is 1. The number of carbonyl (C=O) groups is 1. The molecule has 1 heterocycles. The highest BCUT2D eigenvalue weighted by Crippen LogP contribution is 2.43. The van der Waals surface area contributed by atoms with Crippen LogP contribution in [0.1, 0.15) is 90.1 Å². The van der Waals surface area contributed by atoms with Crippen molar-refractivity contribution in [2.75, 3.05) is 0 Å². The lowest BCUT2D eigenvalue weighted by molar-refractivity contribution is 0.112. The number of allylic oxidation sites excluding steroid dienone is 2. The van der Waals surface area contributed by atoms with Gasteiger partial charge in [0.2, 0.25) is 0 Å². The number of thiophene rings is 1. The third-order valence-electron chi connectivity index (χ3n) is 5.87. The summed E-state index contributed by atoms with van der Waals surface area (Å²) in [4.78, 5) is 12.9. The number of aliphatic hydroxyl groups excluding tert-OH is 1. The van der Waals surface area contributed by atoms with Crippen molar-refractivity contribution in [3.63, 3.8) is 0 Å². The van der Waals surface area contributed by atoms with E-state index < -0.39 is 0 Å². The van der Waals surface area contributed by atoms with Gasteiger partial charge < -0.3 is 5.11 Å². The minimum Gasteiger partial charge on any atom is -0.388 e. The van der Waals surface area contributed by atoms with Crippen LogP contribution in [0.15, 0.2) is 41.4 Å². The maximum atomic E-state index is 10.8. The van der Waals surface area contributed by atoms with Gasteiger partial charge in [0, 0.05) is 9.91 Å². The molecule has 1 aromatic heterocycles. The van der Waals surface area contributed by atoms with E-state index in [4.69, 9.17) is 11.6 Å². The fourth-order valence-corrected chi connectivity index (χ4v) is 5.48. The number of rotatable bonds is 11. The fourth-order valence-electron chi connectivity index (χ4n) is 4.24. The average molecular weight is 431 g/mol. The van der Waals surface area contributed by atoms with Gasteiger partial charge >= 0.3 is 0 Å². The van der Waals surface area contributed by atoms with Crippen LogP contribution in [0.4, 0.5) is 0 Å². The maximum Gasteiger partial charge on any atom is 0.160 e. The third kappa shape index (κ3) is 6.04. The Bertz CT molecular complexity index is 822. The molecule has 0 saturated carbocycles. The summed E-state index contributed by atoms with van der Waals surface area (Å²) in [5.74, 6) is 0.494. The first kappa shape index (κ1) is 22.3. The van der Waals surface area contributed by atoms with Crippen LogP contribution in [0.5, 0.6) is 0 Å². The number of aldehydes is 1. The Hall–Kier alpha value is -1.42. The van der Waals surface area contributed by atoms with Crippen molar-refractivity contribution in [3.8, 4) is 0 Å². The van der Waals surface area contributed by atoms with Crippen LogP contribution in [0.2, 0.25) is 0 Å². The summed E-state index contributed by atoms with van der Waals surface area (Å²) in [7, 11) is 0. The average Bonchev–Trinajstić information content (AvgIpc) is 3.35. The molecule has 3 rings (SSSR count). The van der Waals surface area contributed by atoms with Gasteiger partial charge in [-0.3, -0.25) is 4.79 Å². The SMILES string of the molecule is CCCCCC(O)c1ccc(C2=C(Cl)CC[C@@H]2CCCc2ccc(C=O)s2)cc1. The van der Waals surface area contributed by atoms with E-state index >= 15 is 0 Å². The molecule has 2 nitrogen and oxygen atoms in total. The second kappa shape index (κ2) is 11.1. The summed E-state index contributed by atoms with van der Waals surface area (Å²) < 4.78 is 0. The molecule has 1 aliphatic carbocycles. The zero-order valence-electron chi connectivity index (χ0n) is 17.2. The van der Waals surface area contributed by atoms with Crippen LogP contribution in [-0.2, 0) is 6.42 Å². The quantitative estimate of drug-likeness (QED) is 0.295. The van der Waals surface area contributed by atoms with Crippen molar-refractivity contribution in [1.82, 2.24) is 0 Å². The number of aryl methyl sites for hydroxylation is 1. The van der Waals surface area contributed by atoms with E-state index in [1.807, 2.05) is 6.07 Å². The summed E-state index contributed by atoms with van der Waals surface area (Å²) in [5.41, 5.74) is 3.49. The number of aliphatic hydroxyl groups is 1. The van der Waals surface area contributed by atoms with E-state index in [9.17, 15) is 9.90 Å². The largest absolute Gasteiger partial charge is 0.388 e. The summed E-state index contributed by atoms with van der Waals surface area (Å²) in [5, 5.41) is 11.4. The van der Waals surface area contributed by atoms with Crippen LogP contribution in [0.25, 0.3) is 5.57 Å². The molecule has 1 unspecified atom stereocenters. The van der Waals surface area contributed by atoms with Crippen LogP contribution in [0.3, 0.4) is 0 Å². The number of hydrogen-bond donors (Lipinski definition) is 1. The van der Waals surface area contributed by atoms with Crippen molar-refractivity contribution in [3.05, 3.63) is 62.3 Å². The first-order valence-electron chi connectivity index (χ1n) is 10.8. The highest BCUT2D eigenvalue weighted by molar-refractivity contribution is 7.13. The molecule has 0 saturated heterocycles. The number of hydrogen-bond acceptors (Lipinski definition) is 3. The number of halogens is 1. The van der Waals surface area contributed by atoms with Gasteiger partial charge in [-0.05, 0) is 73.3 Å². The van der Waals surface area contributed by atoms with Crippen LogP contribution >= 0.6 is 22.9 Å². The zero-order chi connectivity index (χ0) is 20.6. The molecule has 0 aliphatic heterocycles. The van der Waals surface area contributed by atoms with Gasteiger partial charge in [-0.2, -0.15) is 0 Å². The van der Waals surface area contributed by atoms with Crippen molar-refractivity contribution < 1.29 is 9.90 Å². The Kier molecular flexibility index (Phi) is 8.53. The van der Waals surface area contributed by atoms with E-state index in [1.54, 1.807) is 11.3 Å². The third-order valence-corrected chi connectivity index (χ3v) is 7.34. The Morgan fingerprint density at radius 2 is 1.97 bits per heavy atom. The molecule has 0 radical (unpaired) electrons. The molecule has 0 fully saturated rings. The minimum absolute atomic E-state index is 0.374. The van der Waals surface area contributed by atoms with Crippen molar-refractivity contribution in [1.29, 1.82) is 0 Å². The molecule has 1 aliphatic rings. The Balaban J connectivity index is 1.58. The molecular formula is C25H31ClO2S. The predicted octanol–water partition coefficient (Wildman–Crippen LogP) is 7.56. The Labute approximate surface area is 183 Å². The monoisotopic (exact) mass is 430 g/mol. The topological polar surface area (TPSA) is 37.3 Å². The second-order valence-electron chi connectivity index (χ2n) is 8.00. The molecule has 0 bridgehead atoms. The predicted molar refractivity (Wildman–Crippen MR) is 124 cm³/mol. The highest BCUT2D eigenvalue weighted by Gasteiger charge is 2.25. The van der Waals surface area contributed by atoms with E-state index in [2.05, 4.69) is 37.3 Å². The van der Waals surface area contributed by atoms with E-state index in [0.717, 1.165) is 66.7 Å². The van der Waals surface area contributed by atoms with Gasteiger partial charge in [0.25, 0.3) is 0 Å².